The molecule has 7 heteroatoms. The number of hydrogen-bond donors (Lipinski definition) is 3. The number of quaternary nitrogens is 2. The highest BCUT2D eigenvalue weighted by molar-refractivity contribution is 5.36. The molecule has 2 aromatic rings. The number of hydrogen-bond acceptors (Lipinski definition) is 2. The molecule has 0 aromatic heterocycles. The minimum Gasteiger partial charge on any atom is -1.00 e. The van der Waals surface area contributed by atoms with Crippen LogP contribution >= 0.6 is 0 Å². The Bertz CT molecular complexity index is 784. The lowest BCUT2D eigenvalue weighted by molar-refractivity contribution is -0.988. The first-order valence-electron chi connectivity index (χ1n) is 10.3. The third-order valence-electron chi connectivity index (χ3n) is 5.65. The Kier molecular flexibility index (Phi) is 11.1. The summed E-state index contributed by atoms with van der Waals surface area (Å²) in [5.41, 5.74) is 3.30. The van der Waals surface area contributed by atoms with E-state index in [0.29, 0.717) is 19.1 Å². The van der Waals surface area contributed by atoms with Gasteiger partial charge in [0.15, 0.2) is 11.5 Å². The molecule has 168 valence electrons. The summed E-state index contributed by atoms with van der Waals surface area (Å²) in [7, 11) is 0. The highest BCUT2D eigenvalue weighted by atomic mass is 35.5. The van der Waals surface area contributed by atoms with Gasteiger partial charge in [0.05, 0.1) is 0 Å². The molecule has 1 atom stereocenters. The van der Waals surface area contributed by atoms with Gasteiger partial charge in [-0.1, -0.05) is 32.0 Å². The Morgan fingerprint density at radius 3 is 2.30 bits per heavy atom. The Labute approximate surface area is 191 Å². The van der Waals surface area contributed by atoms with Crippen molar-refractivity contribution in [1.29, 1.82) is 0 Å². The van der Waals surface area contributed by atoms with Gasteiger partial charge < -0.3 is 39.6 Å². The van der Waals surface area contributed by atoms with Crippen molar-refractivity contribution in [1.82, 2.24) is 0 Å². The van der Waals surface area contributed by atoms with E-state index in [1.807, 2.05) is 24.3 Å². The molecule has 3 N–H and O–H groups in total. The second-order valence-corrected chi connectivity index (χ2v) is 8.18. The predicted octanol–water partition coefficient (Wildman–Crippen LogP) is -4.88. The predicted molar refractivity (Wildman–Crippen MR) is 109 cm³/mol. The average molecular weight is 459 g/mol. The van der Waals surface area contributed by atoms with Crippen molar-refractivity contribution in [2.75, 3.05) is 39.3 Å². The van der Waals surface area contributed by atoms with E-state index in [2.05, 4.69) is 26.8 Å². The molecule has 1 unspecified atom stereocenters. The van der Waals surface area contributed by atoms with Crippen molar-refractivity contribution in [3.8, 4) is 5.75 Å². The number of benzene rings is 2. The number of halogens is 3. The van der Waals surface area contributed by atoms with E-state index in [1.165, 1.54) is 27.0 Å². The van der Waals surface area contributed by atoms with Crippen molar-refractivity contribution in [2.45, 2.75) is 32.8 Å². The highest BCUT2D eigenvalue weighted by Gasteiger charge is 2.27. The molecule has 1 heterocycles. The van der Waals surface area contributed by atoms with E-state index in [-0.39, 0.29) is 30.6 Å². The number of aliphatic hydroxyl groups is 1. The summed E-state index contributed by atoms with van der Waals surface area (Å²) >= 11 is 0. The number of aryl methyl sites for hydroxylation is 1. The molecule has 4 nitrogen and oxygen atoms in total. The van der Waals surface area contributed by atoms with Crippen molar-refractivity contribution in [3.63, 3.8) is 0 Å². The second kappa shape index (κ2) is 12.5. The molecule has 2 aromatic carbocycles. The van der Waals surface area contributed by atoms with E-state index in [1.54, 1.807) is 6.07 Å². The van der Waals surface area contributed by atoms with Crippen molar-refractivity contribution in [3.05, 3.63) is 59.4 Å². The topological polar surface area (TPSA) is 38.3 Å². The van der Waals surface area contributed by atoms with Crippen LogP contribution in [0.5, 0.6) is 5.75 Å². The first-order chi connectivity index (χ1) is 13.4. The molecule has 0 radical (unpaired) electrons. The maximum absolute atomic E-state index is 14.0. The van der Waals surface area contributed by atoms with Gasteiger partial charge >= 0.3 is 0 Å². The van der Waals surface area contributed by atoms with Gasteiger partial charge in [-0.05, 0) is 42.2 Å². The molecule has 0 aliphatic carbocycles. The third-order valence-corrected chi connectivity index (χ3v) is 5.65. The summed E-state index contributed by atoms with van der Waals surface area (Å²) in [6.07, 6.45) is -0.505. The van der Waals surface area contributed by atoms with Crippen LogP contribution in [0.25, 0.3) is 0 Å². The first-order valence-corrected chi connectivity index (χ1v) is 10.3. The fourth-order valence-electron chi connectivity index (χ4n) is 4.10. The third kappa shape index (κ3) is 7.10. The maximum atomic E-state index is 14.0. The maximum Gasteiger partial charge on any atom is 0.183 e. The molecule has 1 saturated heterocycles. The van der Waals surface area contributed by atoms with Gasteiger partial charge in [-0.3, -0.25) is 4.90 Å². The molecular weight excluding hydrogens is 426 g/mol. The van der Waals surface area contributed by atoms with Crippen LogP contribution in [-0.2, 0) is 0 Å². The Balaban J connectivity index is 0.00000225. The summed E-state index contributed by atoms with van der Waals surface area (Å²) in [5, 5.41) is 10.4. The standard InChI is InChI=1S/C23H31FN2O2.2ClH/c1-17(2)21-9-8-20(14-18(21)3)28-16-19(27)15-25-10-12-26(13-11-25)23-7-5-4-6-22(23)24;;/h4-9,14,17,19,27H,10-13,15-16H2,1-3H3;2*1H. The monoisotopic (exact) mass is 458 g/mol. The largest absolute Gasteiger partial charge is 1.00 e. The van der Waals surface area contributed by atoms with E-state index in [9.17, 15) is 9.50 Å². The molecule has 0 amide bonds. The SMILES string of the molecule is Cc1cc(OCC(O)C[NH+]2CC[NH+](c3ccccc3F)CC2)ccc1C(C)C.[Cl-].[Cl-]. The van der Waals surface area contributed by atoms with Gasteiger partial charge in [0.2, 0.25) is 0 Å². The van der Waals surface area contributed by atoms with Crippen LogP contribution in [0.3, 0.4) is 0 Å². The summed E-state index contributed by atoms with van der Waals surface area (Å²) in [6.45, 7) is 11.0. The van der Waals surface area contributed by atoms with E-state index in [4.69, 9.17) is 4.74 Å². The van der Waals surface area contributed by atoms with Crippen LogP contribution in [0.1, 0.15) is 30.9 Å². The molecular formula is C23H33Cl2FN2O2. The van der Waals surface area contributed by atoms with Crippen LogP contribution in [-0.4, -0.2) is 50.5 Å². The van der Waals surface area contributed by atoms with Crippen LogP contribution < -0.4 is 39.4 Å². The highest BCUT2D eigenvalue weighted by Crippen LogP contribution is 2.23. The van der Waals surface area contributed by atoms with Crippen molar-refractivity contribution in [2.24, 2.45) is 0 Å². The fraction of sp³-hybridized carbons (Fsp3) is 0.478. The zero-order valence-corrected chi connectivity index (χ0v) is 19.4. The van der Waals surface area contributed by atoms with Crippen LogP contribution in [0.4, 0.5) is 10.1 Å². The Morgan fingerprint density at radius 2 is 1.70 bits per heavy atom. The van der Waals surface area contributed by atoms with E-state index >= 15 is 0 Å². The van der Waals surface area contributed by atoms with Crippen LogP contribution in [0.2, 0.25) is 0 Å². The summed E-state index contributed by atoms with van der Waals surface area (Å²) in [6, 6.07) is 13.2. The van der Waals surface area contributed by atoms with Crippen molar-refractivity contribution < 1.29 is 48.8 Å². The molecule has 0 spiro atoms. The summed E-state index contributed by atoms with van der Waals surface area (Å²) < 4.78 is 19.8. The molecule has 3 rings (SSSR count). The second-order valence-electron chi connectivity index (χ2n) is 8.18. The lowest BCUT2D eigenvalue weighted by atomic mass is 9.98. The molecule has 1 aliphatic heterocycles. The minimum absolute atomic E-state index is 0. The van der Waals surface area contributed by atoms with Gasteiger partial charge in [0, 0.05) is 6.07 Å². The van der Waals surface area contributed by atoms with Crippen LogP contribution in [0, 0.1) is 12.7 Å². The summed E-state index contributed by atoms with van der Waals surface area (Å²) in [5.74, 6) is 1.17. The molecule has 0 saturated carbocycles. The lowest BCUT2D eigenvalue weighted by Gasteiger charge is -2.30. The normalized spacial score (nSPS) is 19.5. The molecule has 1 fully saturated rings. The molecule has 30 heavy (non-hydrogen) atoms. The quantitative estimate of drug-likeness (QED) is 0.389. The number of ether oxygens (including phenoxy) is 1. The van der Waals surface area contributed by atoms with Crippen molar-refractivity contribution >= 4 is 5.69 Å². The molecule has 1 aliphatic rings. The van der Waals surface area contributed by atoms with E-state index < -0.39 is 6.10 Å². The smallest absolute Gasteiger partial charge is 0.183 e. The number of aliphatic hydroxyl groups excluding tert-OH is 1. The zero-order chi connectivity index (χ0) is 20.1. The number of nitrogens with one attached hydrogen (secondary N) is 2. The van der Waals surface area contributed by atoms with E-state index in [0.717, 1.165) is 37.6 Å². The first kappa shape index (κ1) is 26.7. The Hall–Kier alpha value is -1.37. The number of piperazine rings is 1. The number of rotatable bonds is 7. The number of para-hydroxylation sites is 1. The van der Waals surface area contributed by atoms with Gasteiger partial charge in [0.25, 0.3) is 0 Å². The molecule has 0 bridgehead atoms. The minimum atomic E-state index is -0.505. The Morgan fingerprint density at radius 1 is 1.03 bits per heavy atom. The lowest BCUT2D eigenvalue weighted by Crippen LogP contribution is -3.26. The van der Waals surface area contributed by atoms with Gasteiger partial charge in [0.1, 0.15) is 51.2 Å². The van der Waals surface area contributed by atoms with Gasteiger partial charge in [-0.2, -0.15) is 0 Å². The fourth-order valence-corrected chi connectivity index (χ4v) is 4.10. The average Bonchev–Trinajstić information content (AvgIpc) is 2.67. The van der Waals surface area contributed by atoms with Gasteiger partial charge in [-0.25, -0.2) is 4.39 Å². The summed E-state index contributed by atoms with van der Waals surface area (Å²) in [4.78, 5) is 2.54. The van der Waals surface area contributed by atoms with Crippen LogP contribution in [0.15, 0.2) is 42.5 Å². The van der Waals surface area contributed by atoms with Gasteiger partial charge in [-0.15, -0.1) is 0 Å². The zero-order valence-electron chi connectivity index (χ0n) is 17.9.